The first-order chi connectivity index (χ1) is 9.71. The maximum atomic E-state index is 4.63. The third-order valence-electron chi connectivity index (χ3n) is 4.50. The van der Waals surface area contributed by atoms with Gasteiger partial charge in [0.15, 0.2) is 0 Å². The third kappa shape index (κ3) is 4.82. The lowest BCUT2D eigenvalue weighted by Crippen LogP contribution is -2.39. The zero-order valence-corrected chi connectivity index (χ0v) is 16.3. The SMILES string of the molecule is CCn1nc(C)c(Br)c1CC(C)(CNCC(C)C)C(C)C. The van der Waals surface area contributed by atoms with E-state index in [-0.39, 0.29) is 5.41 Å². The molecule has 1 atom stereocenters. The molecule has 0 fully saturated rings. The summed E-state index contributed by atoms with van der Waals surface area (Å²) in [5.74, 6) is 1.31. The number of nitrogens with one attached hydrogen (secondary N) is 1. The molecule has 1 N–H and O–H groups in total. The molecule has 1 aromatic heterocycles. The first-order valence-corrected chi connectivity index (χ1v) is 8.93. The minimum Gasteiger partial charge on any atom is -0.316 e. The fourth-order valence-corrected chi connectivity index (χ4v) is 2.96. The molecular formula is C17H32BrN3. The van der Waals surface area contributed by atoms with Crippen molar-refractivity contribution in [3.05, 3.63) is 15.9 Å². The predicted octanol–water partition coefficient (Wildman–Crippen LogP) is 4.42. The van der Waals surface area contributed by atoms with Gasteiger partial charge in [-0.25, -0.2) is 0 Å². The Hall–Kier alpha value is -0.350. The van der Waals surface area contributed by atoms with E-state index in [0.717, 1.165) is 31.7 Å². The highest BCUT2D eigenvalue weighted by molar-refractivity contribution is 9.10. The second-order valence-electron chi connectivity index (χ2n) is 7.17. The Morgan fingerprint density at radius 2 is 1.90 bits per heavy atom. The van der Waals surface area contributed by atoms with Crippen LogP contribution in [-0.2, 0) is 13.0 Å². The van der Waals surface area contributed by atoms with Crippen LogP contribution in [0.2, 0.25) is 0 Å². The van der Waals surface area contributed by atoms with Crippen LogP contribution in [0.5, 0.6) is 0 Å². The molecule has 0 spiro atoms. The molecule has 4 heteroatoms. The second kappa shape index (κ2) is 7.77. The van der Waals surface area contributed by atoms with Gasteiger partial charge in [0.05, 0.1) is 15.9 Å². The van der Waals surface area contributed by atoms with Crippen LogP contribution in [0.25, 0.3) is 0 Å². The highest BCUT2D eigenvalue weighted by Gasteiger charge is 2.31. The first-order valence-electron chi connectivity index (χ1n) is 8.13. The molecule has 3 nitrogen and oxygen atoms in total. The highest BCUT2D eigenvalue weighted by Crippen LogP contribution is 2.34. The molecule has 0 aliphatic heterocycles. The molecule has 0 saturated carbocycles. The Bertz CT molecular complexity index is 451. The van der Waals surface area contributed by atoms with E-state index < -0.39 is 0 Å². The van der Waals surface area contributed by atoms with Gasteiger partial charge in [0.1, 0.15) is 0 Å². The van der Waals surface area contributed by atoms with Crippen molar-refractivity contribution in [1.82, 2.24) is 15.1 Å². The normalized spacial score (nSPS) is 15.0. The van der Waals surface area contributed by atoms with Crippen molar-refractivity contribution in [1.29, 1.82) is 0 Å². The zero-order valence-electron chi connectivity index (χ0n) is 14.8. The van der Waals surface area contributed by atoms with E-state index in [1.54, 1.807) is 0 Å². The van der Waals surface area contributed by atoms with Gasteiger partial charge in [-0.15, -0.1) is 0 Å². The van der Waals surface area contributed by atoms with Gasteiger partial charge in [-0.3, -0.25) is 4.68 Å². The van der Waals surface area contributed by atoms with Gasteiger partial charge < -0.3 is 5.32 Å². The van der Waals surface area contributed by atoms with Crippen molar-refractivity contribution >= 4 is 15.9 Å². The molecule has 0 saturated heterocycles. The maximum absolute atomic E-state index is 4.63. The molecular weight excluding hydrogens is 326 g/mol. The Labute approximate surface area is 139 Å². The molecule has 1 heterocycles. The minimum absolute atomic E-state index is 0.233. The van der Waals surface area contributed by atoms with Gasteiger partial charge in [-0.05, 0) is 60.0 Å². The van der Waals surface area contributed by atoms with E-state index in [0.29, 0.717) is 11.8 Å². The van der Waals surface area contributed by atoms with Crippen LogP contribution in [0.15, 0.2) is 4.47 Å². The third-order valence-corrected chi connectivity index (χ3v) is 5.53. The summed E-state index contributed by atoms with van der Waals surface area (Å²) in [6.07, 6.45) is 1.05. The second-order valence-corrected chi connectivity index (χ2v) is 7.97. The van der Waals surface area contributed by atoms with Crippen LogP contribution >= 0.6 is 15.9 Å². The number of nitrogens with zero attached hydrogens (tertiary/aromatic N) is 2. The summed E-state index contributed by atoms with van der Waals surface area (Å²) < 4.78 is 3.32. The lowest BCUT2D eigenvalue weighted by atomic mass is 9.75. The topological polar surface area (TPSA) is 29.9 Å². The molecule has 0 radical (unpaired) electrons. The standard InChI is InChI=1S/C17H32BrN3/c1-8-21-15(16(18)14(6)20-21)9-17(7,13(4)5)11-19-10-12(2)3/h12-13,19H,8-11H2,1-7H3. The quantitative estimate of drug-likeness (QED) is 0.745. The van der Waals surface area contributed by atoms with Gasteiger partial charge in [-0.1, -0.05) is 34.6 Å². The lowest BCUT2D eigenvalue weighted by molar-refractivity contribution is 0.200. The lowest BCUT2D eigenvalue weighted by Gasteiger charge is -2.35. The molecule has 1 aromatic rings. The van der Waals surface area contributed by atoms with Gasteiger partial charge >= 0.3 is 0 Å². The van der Waals surface area contributed by atoms with Gasteiger partial charge in [0, 0.05) is 13.1 Å². The number of halogens is 1. The monoisotopic (exact) mass is 357 g/mol. The zero-order chi connectivity index (χ0) is 16.2. The van der Waals surface area contributed by atoms with E-state index in [1.807, 2.05) is 0 Å². The molecule has 21 heavy (non-hydrogen) atoms. The summed E-state index contributed by atoms with van der Waals surface area (Å²) in [4.78, 5) is 0. The number of hydrogen-bond donors (Lipinski definition) is 1. The molecule has 0 bridgehead atoms. The molecule has 122 valence electrons. The summed E-state index contributed by atoms with van der Waals surface area (Å²) in [5.41, 5.74) is 2.65. The van der Waals surface area contributed by atoms with Crippen molar-refractivity contribution in [2.75, 3.05) is 13.1 Å². The molecule has 0 amide bonds. The fraction of sp³-hybridized carbons (Fsp3) is 0.824. The number of rotatable bonds is 8. The smallest absolute Gasteiger partial charge is 0.0738 e. The van der Waals surface area contributed by atoms with Crippen LogP contribution < -0.4 is 5.32 Å². The van der Waals surface area contributed by atoms with Crippen LogP contribution in [0.4, 0.5) is 0 Å². The summed E-state index contributed by atoms with van der Waals surface area (Å²) in [5, 5.41) is 8.28. The van der Waals surface area contributed by atoms with Gasteiger partial charge in [0.2, 0.25) is 0 Å². The van der Waals surface area contributed by atoms with E-state index in [4.69, 9.17) is 0 Å². The van der Waals surface area contributed by atoms with Crippen molar-refractivity contribution in [2.45, 2.75) is 61.4 Å². The Morgan fingerprint density at radius 1 is 1.29 bits per heavy atom. The van der Waals surface area contributed by atoms with Crippen LogP contribution in [0.1, 0.15) is 52.9 Å². The van der Waals surface area contributed by atoms with Crippen LogP contribution in [-0.4, -0.2) is 22.9 Å². The number of aromatic nitrogens is 2. The number of hydrogen-bond acceptors (Lipinski definition) is 2. The van der Waals surface area contributed by atoms with E-state index in [9.17, 15) is 0 Å². The fourth-order valence-electron chi connectivity index (χ4n) is 2.54. The maximum Gasteiger partial charge on any atom is 0.0738 e. The van der Waals surface area contributed by atoms with Crippen molar-refractivity contribution in [3.8, 4) is 0 Å². The number of aryl methyl sites for hydroxylation is 2. The Balaban J connectivity index is 2.92. The average molecular weight is 358 g/mol. The van der Waals surface area contributed by atoms with E-state index in [2.05, 4.69) is 79.5 Å². The highest BCUT2D eigenvalue weighted by atomic mass is 79.9. The van der Waals surface area contributed by atoms with Crippen molar-refractivity contribution < 1.29 is 0 Å². The molecule has 1 rings (SSSR count). The van der Waals surface area contributed by atoms with Gasteiger partial charge in [0.25, 0.3) is 0 Å². The van der Waals surface area contributed by atoms with Crippen LogP contribution in [0, 0.1) is 24.2 Å². The summed E-state index contributed by atoms with van der Waals surface area (Å²) in [6, 6.07) is 0. The Kier molecular flexibility index (Phi) is 6.92. The van der Waals surface area contributed by atoms with E-state index >= 15 is 0 Å². The Morgan fingerprint density at radius 3 is 2.38 bits per heavy atom. The van der Waals surface area contributed by atoms with Gasteiger partial charge in [-0.2, -0.15) is 5.10 Å². The summed E-state index contributed by atoms with van der Waals surface area (Å²) >= 11 is 3.73. The largest absolute Gasteiger partial charge is 0.316 e. The average Bonchev–Trinajstić information content (AvgIpc) is 2.65. The minimum atomic E-state index is 0.233. The summed E-state index contributed by atoms with van der Waals surface area (Å²) in [7, 11) is 0. The first kappa shape index (κ1) is 18.7. The molecule has 0 aliphatic rings. The van der Waals surface area contributed by atoms with Crippen LogP contribution in [0.3, 0.4) is 0 Å². The molecule has 0 aliphatic carbocycles. The molecule has 1 unspecified atom stereocenters. The van der Waals surface area contributed by atoms with Crippen molar-refractivity contribution in [3.63, 3.8) is 0 Å². The van der Waals surface area contributed by atoms with Crippen molar-refractivity contribution in [2.24, 2.45) is 17.3 Å². The molecule has 0 aromatic carbocycles. The summed E-state index contributed by atoms with van der Waals surface area (Å²) in [6.45, 7) is 18.8. The van der Waals surface area contributed by atoms with E-state index in [1.165, 1.54) is 10.2 Å². The predicted molar refractivity (Wildman–Crippen MR) is 94.7 cm³/mol.